The third kappa shape index (κ3) is 4.86. The van der Waals surface area contributed by atoms with Crippen molar-refractivity contribution >= 4 is 0 Å². The summed E-state index contributed by atoms with van der Waals surface area (Å²) in [6.45, 7) is 10.6. The number of allylic oxidation sites excluding steroid dienone is 4. The summed E-state index contributed by atoms with van der Waals surface area (Å²) in [6.07, 6.45) is 7.50. The van der Waals surface area contributed by atoms with Crippen molar-refractivity contribution in [3.63, 3.8) is 0 Å². The van der Waals surface area contributed by atoms with Gasteiger partial charge in [-0.05, 0) is 25.8 Å². The van der Waals surface area contributed by atoms with E-state index in [1.54, 1.807) is 0 Å². The molecule has 3 nitrogen and oxygen atoms in total. The van der Waals surface area contributed by atoms with Gasteiger partial charge in [-0.25, -0.2) is 0 Å². The maximum atomic E-state index is 5.60. The fourth-order valence-electron chi connectivity index (χ4n) is 1.57. The van der Waals surface area contributed by atoms with Crippen molar-refractivity contribution in [3.8, 4) is 0 Å². The highest BCUT2D eigenvalue weighted by Gasteiger charge is 2.09. The summed E-state index contributed by atoms with van der Waals surface area (Å²) in [4.78, 5) is 0. The number of rotatable bonds is 6. The van der Waals surface area contributed by atoms with Gasteiger partial charge in [0.1, 0.15) is 19.0 Å². The average molecular weight is 251 g/mol. The molecular formula is C15H25NO2. The first-order chi connectivity index (χ1) is 8.67. The molecule has 1 N–H and O–H groups in total. The lowest BCUT2D eigenvalue weighted by Gasteiger charge is -2.18. The van der Waals surface area contributed by atoms with Gasteiger partial charge in [0.15, 0.2) is 5.76 Å². The third-order valence-corrected chi connectivity index (χ3v) is 2.92. The van der Waals surface area contributed by atoms with Crippen molar-refractivity contribution in [2.75, 3.05) is 19.8 Å². The number of nitrogens with one attached hydrogen (secondary N) is 1. The summed E-state index contributed by atoms with van der Waals surface area (Å²) in [7, 11) is 0. The summed E-state index contributed by atoms with van der Waals surface area (Å²) in [5, 5.41) is 3.33. The van der Waals surface area contributed by atoms with E-state index >= 15 is 0 Å². The standard InChI is InChI=1S/C15H25NO2/c1-5-12(3)7-8-14(16-6-2)11-15-13(4)17-9-10-18-15/h7-8,11-12,16H,5-6,9-10H2,1-4H3/b8-7-,14-11+. The largest absolute Gasteiger partial charge is 0.491 e. The Morgan fingerprint density at radius 1 is 1.33 bits per heavy atom. The van der Waals surface area contributed by atoms with Gasteiger partial charge in [0, 0.05) is 18.3 Å². The van der Waals surface area contributed by atoms with Crippen LogP contribution in [0.5, 0.6) is 0 Å². The van der Waals surface area contributed by atoms with Crippen LogP contribution in [0.2, 0.25) is 0 Å². The molecule has 1 rings (SSSR count). The van der Waals surface area contributed by atoms with E-state index in [9.17, 15) is 0 Å². The number of hydrogen-bond donors (Lipinski definition) is 1. The minimum Gasteiger partial charge on any atom is -0.491 e. The Balaban J connectivity index is 2.80. The zero-order valence-electron chi connectivity index (χ0n) is 12.0. The Hall–Kier alpha value is -1.38. The second kappa shape index (κ2) is 7.85. The zero-order valence-corrected chi connectivity index (χ0v) is 12.0. The highest BCUT2D eigenvalue weighted by atomic mass is 16.6. The first-order valence-corrected chi connectivity index (χ1v) is 6.77. The Bertz CT molecular complexity index is 342. The van der Waals surface area contributed by atoms with Crippen LogP contribution in [0.3, 0.4) is 0 Å². The van der Waals surface area contributed by atoms with Crippen LogP contribution in [-0.4, -0.2) is 19.8 Å². The number of likely N-dealkylation sites (N-methyl/N-ethyl adjacent to an activating group) is 1. The molecule has 0 aromatic heterocycles. The van der Waals surface area contributed by atoms with Gasteiger partial charge >= 0.3 is 0 Å². The SMILES string of the molecule is CCNC(/C=C\C(C)CC)=C/C1=C(C)OCCO1. The lowest BCUT2D eigenvalue weighted by Crippen LogP contribution is -2.15. The second-order valence-corrected chi connectivity index (χ2v) is 4.49. The van der Waals surface area contributed by atoms with Crippen LogP contribution in [0.25, 0.3) is 0 Å². The lowest BCUT2D eigenvalue weighted by molar-refractivity contribution is 0.0706. The molecule has 0 radical (unpaired) electrons. The molecule has 0 fully saturated rings. The third-order valence-electron chi connectivity index (χ3n) is 2.92. The molecule has 0 bridgehead atoms. The maximum Gasteiger partial charge on any atom is 0.158 e. The van der Waals surface area contributed by atoms with E-state index in [0.29, 0.717) is 19.1 Å². The van der Waals surface area contributed by atoms with E-state index in [-0.39, 0.29) is 0 Å². The predicted molar refractivity (Wildman–Crippen MR) is 75.0 cm³/mol. The Kier molecular flexibility index (Phi) is 6.40. The minimum atomic E-state index is 0.589. The van der Waals surface area contributed by atoms with Crippen LogP contribution in [0.1, 0.15) is 34.1 Å². The van der Waals surface area contributed by atoms with E-state index in [1.807, 2.05) is 13.0 Å². The molecule has 0 spiro atoms. The fourth-order valence-corrected chi connectivity index (χ4v) is 1.57. The normalized spacial score (nSPS) is 18.6. The molecule has 3 heteroatoms. The van der Waals surface area contributed by atoms with Gasteiger partial charge in [0.25, 0.3) is 0 Å². The molecule has 0 aliphatic carbocycles. The number of hydrogen-bond acceptors (Lipinski definition) is 3. The monoisotopic (exact) mass is 251 g/mol. The summed E-state index contributed by atoms with van der Waals surface area (Å²) in [5.41, 5.74) is 1.07. The van der Waals surface area contributed by atoms with E-state index in [4.69, 9.17) is 9.47 Å². The van der Waals surface area contributed by atoms with Gasteiger partial charge in [-0.2, -0.15) is 0 Å². The van der Waals surface area contributed by atoms with Crippen LogP contribution in [0.15, 0.2) is 35.4 Å². The van der Waals surface area contributed by atoms with Gasteiger partial charge in [0.2, 0.25) is 0 Å². The molecule has 1 heterocycles. The molecule has 1 aliphatic rings. The summed E-state index contributed by atoms with van der Waals surface area (Å²) < 4.78 is 11.1. The van der Waals surface area contributed by atoms with Crippen molar-refractivity contribution in [1.82, 2.24) is 5.32 Å². The fraction of sp³-hybridized carbons (Fsp3) is 0.600. The molecule has 1 atom stereocenters. The van der Waals surface area contributed by atoms with Crippen molar-refractivity contribution < 1.29 is 9.47 Å². The Labute approximate surface area is 111 Å². The van der Waals surface area contributed by atoms with Gasteiger partial charge in [-0.15, -0.1) is 0 Å². The Morgan fingerprint density at radius 2 is 2.06 bits per heavy atom. The summed E-state index contributed by atoms with van der Waals surface area (Å²) in [6, 6.07) is 0. The first kappa shape index (κ1) is 14.7. The van der Waals surface area contributed by atoms with Crippen LogP contribution in [0.4, 0.5) is 0 Å². The number of ether oxygens (including phenoxy) is 2. The molecule has 18 heavy (non-hydrogen) atoms. The molecule has 102 valence electrons. The van der Waals surface area contributed by atoms with Gasteiger partial charge in [-0.3, -0.25) is 0 Å². The molecule has 1 aliphatic heterocycles. The lowest BCUT2D eigenvalue weighted by atomic mass is 10.1. The molecule has 0 saturated carbocycles. The van der Waals surface area contributed by atoms with Crippen molar-refractivity contribution in [3.05, 3.63) is 35.4 Å². The van der Waals surface area contributed by atoms with Crippen LogP contribution < -0.4 is 5.32 Å². The molecule has 1 unspecified atom stereocenters. The molecule has 0 aromatic carbocycles. The molecular weight excluding hydrogens is 226 g/mol. The highest BCUT2D eigenvalue weighted by Crippen LogP contribution is 2.16. The van der Waals surface area contributed by atoms with Gasteiger partial charge < -0.3 is 14.8 Å². The Morgan fingerprint density at radius 3 is 2.67 bits per heavy atom. The quantitative estimate of drug-likeness (QED) is 0.734. The second-order valence-electron chi connectivity index (χ2n) is 4.49. The van der Waals surface area contributed by atoms with Crippen LogP contribution in [-0.2, 0) is 9.47 Å². The predicted octanol–water partition coefficient (Wildman–Crippen LogP) is 3.36. The minimum absolute atomic E-state index is 0.589. The van der Waals surface area contributed by atoms with Crippen LogP contribution >= 0.6 is 0 Å². The van der Waals surface area contributed by atoms with E-state index < -0.39 is 0 Å². The van der Waals surface area contributed by atoms with Crippen LogP contribution in [0, 0.1) is 5.92 Å². The smallest absolute Gasteiger partial charge is 0.158 e. The zero-order chi connectivity index (χ0) is 13.4. The van der Waals surface area contributed by atoms with Crippen molar-refractivity contribution in [2.24, 2.45) is 5.92 Å². The van der Waals surface area contributed by atoms with E-state index in [1.165, 1.54) is 0 Å². The van der Waals surface area contributed by atoms with Crippen molar-refractivity contribution in [1.29, 1.82) is 0 Å². The topological polar surface area (TPSA) is 30.5 Å². The maximum absolute atomic E-state index is 5.60. The molecule has 0 amide bonds. The first-order valence-electron chi connectivity index (χ1n) is 6.77. The van der Waals surface area contributed by atoms with E-state index in [0.717, 1.165) is 30.2 Å². The molecule has 0 saturated heterocycles. The van der Waals surface area contributed by atoms with Crippen molar-refractivity contribution in [2.45, 2.75) is 34.1 Å². The molecule has 0 aromatic rings. The van der Waals surface area contributed by atoms with Gasteiger partial charge in [-0.1, -0.05) is 26.3 Å². The summed E-state index contributed by atoms with van der Waals surface area (Å²) >= 11 is 0. The summed E-state index contributed by atoms with van der Waals surface area (Å²) in [5.74, 6) is 2.27. The average Bonchev–Trinajstić information content (AvgIpc) is 2.38. The van der Waals surface area contributed by atoms with E-state index in [2.05, 4.69) is 38.2 Å². The highest BCUT2D eigenvalue weighted by molar-refractivity contribution is 5.28. The van der Waals surface area contributed by atoms with Gasteiger partial charge in [0.05, 0.1) is 0 Å².